The predicted octanol–water partition coefficient (Wildman–Crippen LogP) is 3.81. The molecule has 1 aromatic rings. The molecule has 24 heavy (non-hydrogen) atoms. The van der Waals surface area contributed by atoms with E-state index >= 15 is 0 Å². The van der Waals surface area contributed by atoms with Crippen molar-refractivity contribution in [3.63, 3.8) is 0 Å². The lowest BCUT2D eigenvalue weighted by atomic mass is 9.94. The molecule has 1 saturated carbocycles. The summed E-state index contributed by atoms with van der Waals surface area (Å²) in [5.74, 6) is 2.27. The second-order valence-corrected chi connectivity index (χ2v) is 7.27. The Kier molecular flexibility index (Phi) is 3.99. The van der Waals surface area contributed by atoms with E-state index in [0.29, 0.717) is 29.1 Å². The van der Waals surface area contributed by atoms with Gasteiger partial charge in [0.15, 0.2) is 0 Å². The van der Waals surface area contributed by atoms with E-state index in [2.05, 4.69) is 11.0 Å². The molecular weight excluding hydrogens is 302 g/mol. The molecule has 0 N–H and O–H groups in total. The number of benzene rings is 1. The normalized spacial score (nSPS) is 25.6. The van der Waals surface area contributed by atoms with Crippen LogP contribution < -0.4 is 9.47 Å². The van der Waals surface area contributed by atoms with E-state index in [1.54, 1.807) is 25.9 Å². The van der Waals surface area contributed by atoms with Crippen LogP contribution in [0.3, 0.4) is 0 Å². The maximum atomic E-state index is 13.1. The van der Waals surface area contributed by atoms with Crippen molar-refractivity contribution < 1.29 is 14.3 Å². The van der Waals surface area contributed by atoms with Gasteiger partial charge in [-0.3, -0.25) is 4.79 Å². The molecule has 4 heteroatoms. The second kappa shape index (κ2) is 6.15. The Labute approximate surface area is 143 Å². The second-order valence-electron chi connectivity index (χ2n) is 7.27. The molecule has 2 aliphatic heterocycles. The molecule has 0 aromatic heterocycles. The Hall–Kier alpha value is -1.97. The molecule has 1 aliphatic carbocycles. The van der Waals surface area contributed by atoms with Gasteiger partial charge in [-0.05, 0) is 56.6 Å². The quantitative estimate of drug-likeness (QED) is 0.790. The van der Waals surface area contributed by atoms with Gasteiger partial charge in [0, 0.05) is 23.7 Å². The summed E-state index contributed by atoms with van der Waals surface area (Å²) in [6, 6.07) is 6.16. The summed E-state index contributed by atoms with van der Waals surface area (Å²) >= 11 is 0. The summed E-state index contributed by atoms with van der Waals surface area (Å²) < 4.78 is 10.6. The van der Waals surface area contributed by atoms with Crippen molar-refractivity contribution in [1.29, 1.82) is 0 Å². The maximum Gasteiger partial charge on any atom is 0.254 e. The molecule has 128 valence electrons. The molecule has 3 aliphatic rings. The minimum Gasteiger partial charge on any atom is -0.497 e. The van der Waals surface area contributed by atoms with E-state index in [9.17, 15) is 4.79 Å². The Morgan fingerprint density at radius 2 is 1.58 bits per heavy atom. The molecule has 3 fully saturated rings. The molecule has 2 bridgehead atoms. The summed E-state index contributed by atoms with van der Waals surface area (Å²) in [5, 5.41) is 0. The number of hydrogen-bond donors (Lipinski definition) is 0. The third-order valence-electron chi connectivity index (χ3n) is 5.54. The average Bonchev–Trinajstić information content (AvgIpc) is 3.38. The highest BCUT2D eigenvalue weighted by molar-refractivity contribution is 5.96. The number of hydrogen-bond acceptors (Lipinski definition) is 3. The van der Waals surface area contributed by atoms with E-state index in [1.165, 1.54) is 12.8 Å². The van der Waals surface area contributed by atoms with Gasteiger partial charge in [-0.25, -0.2) is 0 Å². The van der Waals surface area contributed by atoms with Gasteiger partial charge < -0.3 is 14.4 Å². The SMILES string of the molecule is COc1cc(OC)cc(C(=O)N2C3CCC2CC(=CC2CC2)C3)c1. The van der Waals surface area contributed by atoms with Crippen LogP contribution in [0.5, 0.6) is 11.5 Å². The number of allylic oxidation sites excluding steroid dienone is 1. The molecule has 2 saturated heterocycles. The van der Waals surface area contributed by atoms with Gasteiger partial charge in [0.05, 0.1) is 14.2 Å². The van der Waals surface area contributed by atoms with Gasteiger partial charge in [0.1, 0.15) is 11.5 Å². The van der Waals surface area contributed by atoms with Gasteiger partial charge in [-0.1, -0.05) is 11.6 Å². The molecule has 2 unspecified atom stereocenters. The number of rotatable bonds is 4. The molecule has 0 radical (unpaired) electrons. The van der Waals surface area contributed by atoms with Crippen LogP contribution in [0.2, 0.25) is 0 Å². The highest BCUT2D eigenvalue weighted by atomic mass is 16.5. The zero-order valence-corrected chi connectivity index (χ0v) is 14.5. The molecular formula is C20H25NO3. The van der Waals surface area contributed by atoms with Crippen LogP contribution in [0.15, 0.2) is 29.8 Å². The van der Waals surface area contributed by atoms with Gasteiger partial charge in [-0.2, -0.15) is 0 Å². The van der Waals surface area contributed by atoms with E-state index in [1.807, 2.05) is 12.1 Å². The third kappa shape index (κ3) is 2.90. The minimum absolute atomic E-state index is 0.116. The van der Waals surface area contributed by atoms with Crippen LogP contribution in [0, 0.1) is 5.92 Å². The Morgan fingerprint density at radius 1 is 1.00 bits per heavy atom. The van der Waals surface area contributed by atoms with Crippen LogP contribution in [-0.2, 0) is 0 Å². The van der Waals surface area contributed by atoms with Crippen LogP contribution in [0.25, 0.3) is 0 Å². The van der Waals surface area contributed by atoms with Crippen LogP contribution >= 0.6 is 0 Å². The Morgan fingerprint density at radius 3 is 2.08 bits per heavy atom. The largest absolute Gasteiger partial charge is 0.497 e. The monoisotopic (exact) mass is 327 g/mol. The average molecular weight is 327 g/mol. The fourth-order valence-electron chi connectivity index (χ4n) is 4.19. The number of nitrogens with zero attached hydrogens (tertiary/aromatic N) is 1. The van der Waals surface area contributed by atoms with E-state index in [4.69, 9.17) is 9.47 Å². The van der Waals surface area contributed by atoms with Gasteiger partial charge in [-0.15, -0.1) is 0 Å². The van der Waals surface area contributed by atoms with Gasteiger partial charge in [0.25, 0.3) is 5.91 Å². The third-order valence-corrected chi connectivity index (χ3v) is 5.54. The highest BCUT2D eigenvalue weighted by Gasteiger charge is 2.42. The molecule has 4 nitrogen and oxygen atoms in total. The summed E-state index contributed by atoms with van der Waals surface area (Å²) in [7, 11) is 3.23. The van der Waals surface area contributed by atoms with Crippen molar-refractivity contribution in [2.45, 2.75) is 50.6 Å². The van der Waals surface area contributed by atoms with Crippen molar-refractivity contribution in [1.82, 2.24) is 4.90 Å². The number of piperidine rings is 1. The summed E-state index contributed by atoms with van der Waals surface area (Å²) in [6.45, 7) is 0. The number of carbonyl (C=O) groups excluding carboxylic acids is 1. The summed E-state index contributed by atoms with van der Waals surface area (Å²) in [6.07, 6.45) is 9.55. The number of carbonyl (C=O) groups is 1. The van der Waals surface area contributed by atoms with E-state index in [0.717, 1.165) is 31.6 Å². The van der Waals surface area contributed by atoms with E-state index in [-0.39, 0.29) is 5.91 Å². The standard InChI is InChI=1S/C20H25NO3/c1-23-18-10-15(11-19(12-18)24-2)20(22)21-16-5-6-17(21)9-14(8-16)7-13-3-4-13/h7,10-13,16-17H,3-6,8-9H2,1-2H3. The molecule has 0 spiro atoms. The zero-order valence-electron chi connectivity index (χ0n) is 14.5. The van der Waals surface area contributed by atoms with Crippen molar-refractivity contribution in [3.8, 4) is 11.5 Å². The Bertz CT molecular complexity index is 639. The molecule has 2 atom stereocenters. The number of methoxy groups -OCH3 is 2. The van der Waals surface area contributed by atoms with Gasteiger partial charge >= 0.3 is 0 Å². The first-order valence-electron chi connectivity index (χ1n) is 8.93. The lowest BCUT2D eigenvalue weighted by Gasteiger charge is -2.36. The fourth-order valence-corrected chi connectivity index (χ4v) is 4.19. The predicted molar refractivity (Wildman–Crippen MR) is 92.6 cm³/mol. The topological polar surface area (TPSA) is 38.8 Å². The molecule has 2 heterocycles. The van der Waals surface area contributed by atoms with Crippen LogP contribution in [-0.4, -0.2) is 37.1 Å². The molecule has 4 rings (SSSR count). The first-order chi connectivity index (χ1) is 11.7. The fraction of sp³-hybridized carbons (Fsp3) is 0.550. The Balaban J connectivity index is 1.57. The van der Waals surface area contributed by atoms with E-state index < -0.39 is 0 Å². The van der Waals surface area contributed by atoms with Crippen LogP contribution in [0.4, 0.5) is 0 Å². The maximum absolute atomic E-state index is 13.1. The number of amides is 1. The van der Waals surface area contributed by atoms with Crippen molar-refractivity contribution in [2.24, 2.45) is 5.92 Å². The van der Waals surface area contributed by atoms with Crippen LogP contribution in [0.1, 0.15) is 48.9 Å². The first-order valence-corrected chi connectivity index (χ1v) is 8.93. The lowest BCUT2D eigenvalue weighted by Crippen LogP contribution is -2.44. The first kappa shape index (κ1) is 15.6. The molecule has 1 amide bonds. The summed E-state index contributed by atoms with van der Waals surface area (Å²) in [4.78, 5) is 15.3. The van der Waals surface area contributed by atoms with Crippen molar-refractivity contribution in [3.05, 3.63) is 35.4 Å². The highest BCUT2D eigenvalue weighted by Crippen LogP contribution is 2.42. The lowest BCUT2D eigenvalue weighted by molar-refractivity contribution is 0.0633. The summed E-state index contributed by atoms with van der Waals surface area (Å²) in [5.41, 5.74) is 2.25. The van der Waals surface area contributed by atoms with Crippen molar-refractivity contribution in [2.75, 3.05) is 14.2 Å². The smallest absolute Gasteiger partial charge is 0.254 e. The number of fused-ring (bicyclic) bond motifs is 2. The number of ether oxygens (including phenoxy) is 2. The zero-order chi connectivity index (χ0) is 16.7. The van der Waals surface area contributed by atoms with Gasteiger partial charge in [0.2, 0.25) is 0 Å². The van der Waals surface area contributed by atoms with Crippen molar-refractivity contribution >= 4 is 5.91 Å². The molecule has 1 aromatic carbocycles. The minimum atomic E-state index is 0.116.